The molecule has 0 aromatic carbocycles. The van der Waals surface area contributed by atoms with Gasteiger partial charge >= 0.3 is 0 Å². The second-order valence-electron chi connectivity index (χ2n) is 4.30. The van der Waals surface area contributed by atoms with Crippen molar-refractivity contribution >= 4 is 21.4 Å². The molecular weight excluding hydrogens is 300 g/mol. The molecule has 0 aliphatic carbocycles. The number of H-pyrrole nitrogens is 1. The van der Waals surface area contributed by atoms with Gasteiger partial charge in [-0.3, -0.25) is 5.10 Å². The van der Waals surface area contributed by atoms with E-state index < -0.39 is 10.0 Å². The molecule has 0 amide bonds. The van der Waals surface area contributed by atoms with Gasteiger partial charge in [-0.25, -0.2) is 18.1 Å². The zero-order valence-electron chi connectivity index (χ0n) is 11.2. The summed E-state index contributed by atoms with van der Waals surface area (Å²) in [6.07, 6.45) is 0.515. The Labute approximate surface area is 121 Å². The number of nitrogens with one attached hydrogen (secondary N) is 2. The molecule has 0 saturated heterocycles. The van der Waals surface area contributed by atoms with Crippen LogP contribution in [0.25, 0.3) is 0 Å². The van der Waals surface area contributed by atoms with E-state index in [0.717, 1.165) is 10.7 Å². The third kappa shape index (κ3) is 3.23. The topological polar surface area (TPSA) is 108 Å². The summed E-state index contributed by atoms with van der Waals surface area (Å²) in [5.74, 6) is 0. The largest absolute Gasteiger partial charge is 0.392 e. The lowest BCUT2D eigenvalue weighted by Gasteiger charge is -2.05. The summed E-state index contributed by atoms with van der Waals surface area (Å²) in [5, 5.41) is 18.2. The van der Waals surface area contributed by atoms with Gasteiger partial charge in [0.05, 0.1) is 17.3 Å². The van der Waals surface area contributed by atoms with Gasteiger partial charge in [0.15, 0.2) is 5.03 Å². The van der Waals surface area contributed by atoms with Gasteiger partial charge in [0.25, 0.3) is 10.0 Å². The number of aliphatic hydroxyl groups is 1. The maximum atomic E-state index is 12.1. The normalized spacial score (nSPS) is 11.9. The van der Waals surface area contributed by atoms with Gasteiger partial charge in [-0.2, -0.15) is 5.10 Å². The van der Waals surface area contributed by atoms with Gasteiger partial charge < -0.3 is 5.11 Å². The molecule has 2 heterocycles. The molecule has 0 aliphatic heterocycles. The van der Waals surface area contributed by atoms with Crippen molar-refractivity contribution in [3.05, 3.63) is 27.3 Å². The highest BCUT2D eigenvalue weighted by molar-refractivity contribution is 7.89. The SMILES string of the molecule is Cc1nc(CCNS(=O)(=O)c2n[nH]c(C)c2CO)cs1. The van der Waals surface area contributed by atoms with Crippen molar-refractivity contribution < 1.29 is 13.5 Å². The highest BCUT2D eigenvalue weighted by atomic mass is 32.2. The summed E-state index contributed by atoms with van der Waals surface area (Å²) in [4.78, 5) is 4.26. The molecular formula is C11H16N4O3S2. The lowest BCUT2D eigenvalue weighted by atomic mass is 10.3. The second kappa shape index (κ2) is 6.00. The van der Waals surface area contributed by atoms with E-state index in [1.165, 1.54) is 11.3 Å². The van der Waals surface area contributed by atoms with Gasteiger partial charge in [0.1, 0.15) is 0 Å². The number of aryl methyl sites for hydroxylation is 2. The van der Waals surface area contributed by atoms with Gasteiger partial charge in [0, 0.05) is 29.6 Å². The van der Waals surface area contributed by atoms with Crippen LogP contribution < -0.4 is 4.72 Å². The van der Waals surface area contributed by atoms with E-state index in [4.69, 9.17) is 0 Å². The molecule has 0 unspecified atom stereocenters. The van der Waals surface area contributed by atoms with Crippen LogP contribution >= 0.6 is 11.3 Å². The minimum Gasteiger partial charge on any atom is -0.392 e. The molecule has 0 atom stereocenters. The van der Waals surface area contributed by atoms with Crippen molar-refractivity contribution in [3.8, 4) is 0 Å². The fourth-order valence-electron chi connectivity index (χ4n) is 1.74. The van der Waals surface area contributed by atoms with Crippen molar-refractivity contribution in [3.63, 3.8) is 0 Å². The Hall–Kier alpha value is -1.29. The van der Waals surface area contributed by atoms with Crippen LogP contribution in [0.4, 0.5) is 0 Å². The van der Waals surface area contributed by atoms with Crippen LogP contribution in [0.15, 0.2) is 10.4 Å². The minimum atomic E-state index is -3.72. The maximum Gasteiger partial charge on any atom is 0.260 e. The fourth-order valence-corrected chi connectivity index (χ4v) is 3.61. The molecule has 2 aromatic heterocycles. The van der Waals surface area contributed by atoms with Crippen molar-refractivity contribution in [2.24, 2.45) is 0 Å². The molecule has 0 saturated carbocycles. The molecule has 2 rings (SSSR count). The quantitative estimate of drug-likeness (QED) is 0.719. The lowest BCUT2D eigenvalue weighted by Crippen LogP contribution is -2.27. The highest BCUT2D eigenvalue weighted by Gasteiger charge is 2.22. The smallest absolute Gasteiger partial charge is 0.260 e. The van der Waals surface area contributed by atoms with E-state index in [1.807, 2.05) is 12.3 Å². The van der Waals surface area contributed by atoms with Crippen LogP contribution in [0.5, 0.6) is 0 Å². The Morgan fingerprint density at radius 3 is 2.80 bits per heavy atom. The van der Waals surface area contributed by atoms with Crippen molar-refractivity contribution in [2.75, 3.05) is 6.54 Å². The number of sulfonamides is 1. The third-order valence-corrected chi connectivity index (χ3v) is 5.04. The van der Waals surface area contributed by atoms with E-state index in [2.05, 4.69) is 19.9 Å². The summed E-state index contributed by atoms with van der Waals surface area (Å²) in [7, 11) is -3.72. The molecule has 0 radical (unpaired) electrons. The zero-order chi connectivity index (χ0) is 14.8. The first-order valence-corrected chi connectivity index (χ1v) is 8.35. The van der Waals surface area contributed by atoms with Gasteiger partial charge in [-0.15, -0.1) is 11.3 Å². The van der Waals surface area contributed by atoms with Crippen LogP contribution in [0.3, 0.4) is 0 Å². The molecule has 110 valence electrons. The van der Waals surface area contributed by atoms with E-state index >= 15 is 0 Å². The van der Waals surface area contributed by atoms with Crippen LogP contribution in [0.1, 0.15) is 22.0 Å². The van der Waals surface area contributed by atoms with Crippen molar-refractivity contribution in [1.82, 2.24) is 19.9 Å². The molecule has 20 heavy (non-hydrogen) atoms. The Morgan fingerprint density at radius 1 is 1.45 bits per heavy atom. The van der Waals surface area contributed by atoms with E-state index in [-0.39, 0.29) is 18.2 Å². The predicted octanol–water partition coefficient (Wildman–Crippen LogP) is 0.496. The fraction of sp³-hybridized carbons (Fsp3) is 0.455. The molecule has 0 bridgehead atoms. The van der Waals surface area contributed by atoms with Gasteiger partial charge in [-0.1, -0.05) is 0 Å². The summed E-state index contributed by atoms with van der Waals surface area (Å²) < 4.78 is 26.7. The molecule has 7 nitrogen and oxygen atoms in total. The number of hydrogen-bond acceptors (Lipinski definition) is 6. The molecule has 3 N–H and O–H groups in total. The average Bonchev–Trinajstić information content (AvgIpc) is 2.95. The standard InChI is InChI=1S/C11H16N4O3S2/c1-7-10(5-16)11(15-14-7)20(17,18)12-4-3-9-6-19-8(2)13-9/h6,12,16H,3-5H2,1-2H3,(H,14,15). The Morgan fingerprint density at radius 2 is 2.20 bits per heavy atom. The summed E-state index contributed by atoms with van der Waals surface area (Å²) in [5.41, 5.74) is 1.70. The number of rotatable bonds is 6. The summed E-state index contributed by atoms with van der Waals surface area (Å²) in [6, 6.07) is 0. The zero-order valence-corrected chi connectivity index (χ0v) is 12.8. The number of hydrogen-bond donors (Lipinski definition) is 3. The van der Waals surface area contributed by atoms with E-state index in [9.17, 15) is 13.5 Å². The van der Waals surface area contributed by atoms with Crippen molar-refractivity contribution in [2.45, 2.75) is 31.9 Å². The maximum absolute atomic E-state index is 12.1. The minimum absolute atomic E-state index is 0.146. The van der Waals surface area contributed by atoms with Gasteiger partial charge in [-0.05, 0) is 13.8 Å². The molecule has 0 spiro atoms. The first kappa shape index (κ1) is 15.1. The first-order chi connectivity index (χ1) is 9.44. The highest BCUT2D eigenvalue weighted by Crippen LogP contribution is 2.16. The number of aromatic nitrogens is 3. The third-order valence-electron chi connectivity index (χ3n) is 2.79. The number of nitrogens with zero attached hydrogens (tertiary/aromatic N) is 2. The monoisotopic (exact) mass is 316 g/mol. The number of thiazole rings is 1. The molecule has 0 fully saturated rings. The summed E-state index contributed by atoms with van der Waals surface area (Å²) in [6.45, 7) is 3.43. The molecule has 9 heteroatoms. The number of aliphatic hydroxyl groups excluding tert-OH is 1. The Balaban J connectivity index is 2.04. The van der Waals surface area contributed by atoms with Crippen molar-refractivity contribution in [1.29, 1.82) is 0 Å². The number of aromatic amines is 1. The van der Waals surface area contributed by atoms with Crippen LogP contribution in [0, 0.1) is 13.8 Å². The predicted molar refractivity (Wildman–Crippen MR) is 75.0 cm³/mol. The molecule has 2 aromatic rings. The lowest BCUT2D eigenvalue weighted by molar-refractivity contribution is 0.277. The van der Waals surface area contributed by atoms with E-state index in [1.54, 1.807) is 6.92 Å². The Bertz CT molecular complexity index is 690. The second-order valence-corrected chi connectivity index (χ2v) is 7.04. The molecule has 0 aliphatic rings. The Kier molecular flexibility index (Phi) is 4.53. The van der Waals surface area contributed by atoms with Crippen LogP contribution in [-0.4, -0.2) is 35.3 Å². The van der Waals surface area contributed by atoms with Gasteiger partial charge in [0.2, 0.25) is 0 Å². The van der Waals surface area contributed by atoms with Crippen LogP contribution in [-0.2, 0) is 23.1 Å². The van der Waals surface area contributed by atoms with Crippen LogP contribution in [0.2, 0.25) is 0 Å². The summed E-state index contributed by atoms with van der Waals surface area (Å²) >= 11 is 1.53. The average molecular weight is 316 g/mol. The van der Waals surface area contributed by atoms with E-state index in [0.29, 0.717) is 17.7 Å². The first-order valence-electron chi connectivity index (χ1n) is 5.99.